The summed E-state index contributed by atoms with van der Waals surface area (Å²) >= 11 is 0. The number of halogens is 3. The van der Waals surface area contributed by atoms with Crippen molar-refractivity contribution in [3.05, 3.63) is 130 Å². The minimum absolute atomic E-state index is 0.114. The number of nitro groups is 1. The van der Waals surface area contributed by atoms with Crippen LogP contribution in [-0.2, 0) is 11.0 Å². The van der Waals surface area contributed by atoms with Crippen molar-refractivity contribution in [3.8, 4) is 0 Å². The number of rotatable bonds is 7. The smallest absolute Gasteiger partial charge is 0.291 e. The molecule has 0 unspecified atom stereocenters. The van der Waals surface area contributed by atoms with Gasteiger partial charge in [0.15, 0.2) is 11.6 Å². The largest absolute Gasteiger partial charge is 0.399 e. The van der Waals surface area contributed by atoms with E-state index in [0.29, 0.717) is 16.4 Å². The van der Waals surface area contributed by atoms with Crippen molar-refractivity contribution in [3.63, 3.8) is 0 Å². The van der Waals surface area contributed by atoms with Gasteiger partial charge in [0.25, 0.3) is 14.0 Å². The molecule has 0 N–H and O–H groups in total. The molecule has 4 aromatic carbocycles. The molecule has 0 aromatic heterocycles. The van der Waals surface area contributed by atoms with Crippen LogP contribution in [0.2, 0.25) is 0 Å². The first-order chi connectivity index (χ1) is 15.9. The summed E-state index contributed by atoms with van der Waals surface area (Å²) in [5.74, 6) is -3.46. The first kappa shape index (κ1) is 22.4. The second-order valence-corrected chi connectivity index (χ2v) is 10.7. The first-order valence-electron chi connectivity index (χ1n) is 10.1. The van der Waals surface area contributed by atoms with Crippen molar-refractivity contribution in [1.82, 2.24) is 0 Å². The highest BCUT2D eigenvalue weighted by atomic mass is 28.4. The molecule has 4 rings (SSSR count). The topological polar surface area (TPSA) is 52.4 Å². The molecule has 0 atom stereocenters. The number of para-hydroxylation sites is 1. The summed E-state index contributed by atoms with van der Waals surface area (Å²) < 4.78 is 49.9. The highest BCUT2D eigenvalue weighted by molar-refractivity contribution is 7.07. The molecule has 166 valence electrons. The Morgan fingerprint density at radius 2 is 1.24 bits per heavy atom. The van der Waals surface area contributed by atoms with Gasteiger partial charge in [-0.3, -0.25) is 10.1 Å². The maximum Gasteiger partial charge on any atom is 0.291 e. The lowest BCUT2D eigenvalue weighted by Crippen LogP contribution is -2.70. The number of nitro benzene ring substituents is 1. The number of benzene rings is 4. The molecular formula is C25H18F3NO3Si. The maximum atomic E-state index is 15.3. The van der Waals surface area contributed by atoms with Crippen LogP contribution in [0.25, 0.3) is 0 Å². The number of hydrogen-bond acceptors (Lipinski definition) is 3. The van der Waals surface area contributed by atoms with Crippen LogP contribution in [0.15, 0.2) is 97.1 Å². The Morgan fingerprint density at radius 3 is 1.82 bits per heavy atom. The van der Waals surface area contributed by atoms with Gasteiger partial charge in [-0.25, -0.2) is 13.2 Å². The third-order valence-electron chi connectivity index (χ3n) is 5.38. The first-order valence-corrected chi connectivity index (χ1v) is 12.0. The van der Waals surface area contributed by atoms with E-state index in [1.54, 1.807) is 72.8 Å². The quantitative estimate of drug-likeness (QED) is 0.135. The van der Waals surface area contributed by atoms with Gasteiger partial charge in [-0.1, -0.05) is 72.8 Å². The Kier molecular flexibility index (Phi) is 6.39. The highest BCUT2D eigenvalue weighted by Gasteiger charge is 2.45. The van der Waals surface area contributed by atoms with Gasteiger partial charge in [0, 0.05) is 17.3 Å². The third kappa shape index (κ3) is 4.30. The molecule has 33 heavy (non-hydrogen) atoms. The minimum Gasteiger partial charge on any atom is -0.399 e. The monoisotopic (exact) mass is 465 g/mol. The molecule has 0 heterocycles. The second-order valence-electron chi connectivity index (χ2n) is 7.33. The summed E-state index contributed by atoms with van der Waals surface area (Å²) in [5, 5.41) is 12.6. The summed E-state index contributed by atoms with van der Waals surface area (Å²) in [4.78, 5) is 11.0. The molecule has 4 aromatic rings. The van der Waals surface area contributed by atoms with E-state index in [-0.39, 0.29) is 23.0 Å². The standard InChI is InChI=1S/C25H18F3NO3Si/c26-21-15-23(28)25(16-22(21)27)33(19-10-3-1-4-11-19,20-12-5-2-6-13-20)32-17-18-9-7-8-14-24(18)29(30)31/h1-16H,17H2. The van der Waals surface area contributed by atoms with Crippen LogP contribution >= 0.6 is 0 Å². The van der Waals surface area contributed by atoms with Crippen molar-refractivity contribution in [2.24, 2.45) is 0 Å². The van der Waals surface area contributed by atoms with E-state index in [1.165, 1.54) is 12.1 Å². The fourth-order valence-electron chi connectivity index (χ4n) is 3.86. The molecule has 0 saturated heterocycles. The molecule has 0 saturated carbocycles. The molecule has 8 heteroatoms. The number of nitrogens with zero attached hydrogens (tertiary/aromatic N) is 1. The predicted molar refractivity (Wildman–Crippen MR) is 122 cm³/mol. The molecule has 0 fully saturated rings. The fourth-order valence-corrected chi connectivity index (χ4v) is 7.74. The van der Waals surface area contributed by atoms with Crippen molar-refractivity contribution in [2.45, 2.75) is 6.61 Å². The molecule has 0 aliphatic heterocycles. The van der Waals surface area contributed by atoms with E-state index < -0.39 is 30.7 Å². The van der Waals surface area contributed by atoms with Crippen molar-refractivity contribution >= 4 is 29.6 Å². The predicted octanol–water partition coefficient (Wildman–Crippen LogP) is 4.20. The summed E-state index contributed by atoms with van der Waals surface area (Å²) in [7, 11) is -3.77. The van der Waals surface area contributed by atoms with E-state index in [1.807, 2.05) is 0 Å². The molecule has 0 amide bonds. The molecule has 0 radical (unpaired) electrons. The molecule has 0 spiro atoms. The lowest BCUT2D eigenvalue weighted by Gasteiger charge is -2.33. The number of hydrogen-bond donors (Lipinski definition) is 0. The van der Waals surface area contributed by atoms with Gasteiger partial charge in [-0.05, 0) is 22.5 Å². The average Bonchev–Trinajstić information content (AvgIpc) is 2.84. The van der Waals surface area contributed by atoms with Gasteiger partial charge in [0.1, 0.15) is 5.82 Å². The summed E-state index contributed by atoms with van der Waals surface area (Å²) in [5.41, 5.74) is 0.140. The average molecular weight is 466 g/mol. The van der Waals surface area contributed by atoms with Crippen LogP contribution in [0.4, 0.5) is 18.9 Å². The highest BCUT2D eigenvalue weighted by Crippen LogP contribution is 2.22. The van der Waals surface area contributed by atoms with Crippen LogP contribution in [0.5, 0.6) is 0 Å². The Labute approximate surface area is 189 Å². The Bertz CT molecular complexity index is 1250. The van der Waals surface area contributed by atoms with Crippen molar-refractivity contribution in [1.29, 1.82) is 0 Å². The maximum absolute atomic E-state index is 15.3. The minimum atomic E-state index is -3.77. The van der Waals surface area contributed by atoms with E-state index in [2.05, 4.69) is 0 Å². The van der Waals surface area contributed by atoms with Crippen LogP contribution in [-0.4, -0.2) is 13.2 Å². The van der Waals surface area contributed by atoms with Gasteiger partial charge >= 0.3 is 0 Å². The van der Waals surface area contributed by atoms with Crippen molar-refractivity contribution in [2.75, 3.05) is 0 Å². The molecule has 0 bridgehead atoms. The normalized spacial score (nSPS) is 11.4. The van der Waals surface area contributed by atoms with Gasteiger partial charge < -0.3 is 4.43 Å². The second kappa shape index (κ2) is 9.39. The Balaban J connectivity index is 1.97. The summed E-state index contributed by atoms with van der Waals surface area (Å²) in [6.07, 6.45) is 0. The fraction of sp³-hybridized carbons (Fsp3) is 0.0400. The third-order valence-corrected chi connectivity index (χ3v) is 9.39. The van der Waals surface area contributed by atoms with E-state index in [0.717, 1.165) is 6.07 Å². The van der Waals surface area contributed by atoms with Crippen molar-refractivity contribution < 1.29 is 22.5 Å². The summed E-state index contributed by atoms with van der Waals surface area (Å²) in [6.45, 7) is -0.231. The molecular weight excluding hydrogens is 447 g/mol. The van der Waals surface area contributed by atoms with Crippen LogP contribution in [0, 0.1) is 27.6 Å². The Morgan fingerprint density at radius 1 is 0.727 bits per heavy atom. The lowest BCUT2D eigenvalue weighted by molar-refractivity contribution is -0.385. The van der Waals surface area contributed by atoms with Gasteiger partial charge in [-0.2, -0.15) is 0 Å². The zero-order valence-corrected chi connectivity index (χ0v) is 18.3. The summed E-state index contributed by atoms with van der Waals surface area (Å²) in [6, 6.07) is 24.9. The SMILES string of the molecule is O=[N+]([O-])c1ccccc1CO[Si](c1ccccc1)(c1ccccc1)c1cc(F)c(F)cc1F. The van der Waals surface area contributed by atoms with Gasteiger partial charge in [0.05, 0.1) is 17.1 Å². The van der Waals surface area contributed by atoms with Crippen LogP contribution in [0.1, 0.15) is 5.56 Å². The van der Waals surface area contributed by atoms with Crippen LogP contribution in [0.3, 0.4) is 0 Å². The van der Waals surface area contributed by atoms with Crippen LogP contribution < -0.4 is 15.6 Å². The lowest BCUT2D eigenvalue weighted by atomic mass is 10.2. The zero-order chi connectivity index (χ0) is 23.4. The van der Waals surface area contributed by atoms with E-state index in [4.69, 9.17) is 4.43 Å². The molecule has 0 aliphatic carbocycles. The molecule has 0 aliphatic rings. The Hall–Kier alpha value is -3.75. The van der Waals surface area contributed by atoms with E-state index in [9.17, 15) is 18.9 Å². The van der Waals surface area contributed by atoms with Gasteiger partial charge in [0.2, 0.25) is 0 Å². The zero-order valence-electron chi connectivity index (χ0n) is 17.3. The van der Waals surface area contributed by atoms with Gasteiger partial charge in [-0.15, -0.1) is 0 Å². The van der Waals surface area contributed by atoms with E-state index >= 15 is 4.39 Å². The molecule has 4 nitrogen and oxygen atoms in total.